The van der Waals surface area contributed by atoms with E-state index in [0.717, 1.165) is 15.8 Å². The molecule has 0 saturated heterocycles. The minimum Gasteiger partial charge on any atom is -0.496 e. The predicted molar refractivity (Wildman–Crippen MR) is 105 cm³/mol. The molecule has 0 fully saturated rings. The molecule has 2 aromatic carbocycles. The van der Waals surface area contributed by atoms with E-state index >= 15 is 0 Å². The first-order valence-corrected chi connectivity index (χ1v) is 9.19. The Morgan fingerprint density at radius 2 is 2.00 bits per heavy atom. The van der Waals surface area contributed by atoms with E-state index in [2.05, 4.69) is 10.3 Å². The number of nitrogens with zero attached hydrogens (tertiary/aromatic N) is 1. The predicted octanol–water partition coefficient (Wildman–Crippen LogP) is 4.87. The van der Waals surface area contributed by atoms with E-state index in [1.165, 1.54) is 18.4 Å². The molecule has 3 rings (SSSR count). The summed E-state index contributed by atoms with van der Waals surface area (Å²) in [6, 6.07) is 10.8. The van der Waals surface area contributed by atoms with Crippen molar-refractivity contribution in [3.8, 4) is 5.75 Å². The zero-order valence-corrected chi connectivity index (χ0v) is 15.9. The third kappa shape index (κ3) is 4.20. The molecule has 0 radical (unpaired) electrons. The van der Waals surface area contributed by atoms with Crippen molar-refractivity contribution in [1.82, 2.24) is 4.98 Å². The van der Waals surface area contributed by atoms with Crippen LogP contribution >= 0.6 is 22.9 Å². The number of rotatable bonds is 6. The minimum atomic E-state index is -0.255. The number of amides is 1. The Morgan fingerprint density at radius 3 is 2.77 bits per heavy atom. The van der Waals surface area contributed by atoms with Crippen LogP contribution in [0, 0.1) is 6.92 Å². The summed E-state index contributed by atoms with van der Waals surface area (Å²) in [6.07, 6.45) is 0.121. The maximum Gasteiger partial charge on any atom is 0.226 e. The third-order valence-corrected chi connectivity index (χ3v) is 5.00. The summed E-state index contributed by atoms with van der Waals surface area (Å²) in [5.41, 5.74) is 2.36. The van der Waals surface area contributed by atoms with Gasteiger partial charge in [-0.05, 0) is 42.8 Å². The van der Waals surface area contributed by atoms with Gasteiger partial charge in [0.1, 0.15) is 5.75 Å². The molecule has 0 saturated carbocycles. The number of carbonyl (C=O) groups is 2. The van der Waals surface area contributed by atoms with Gasteiger partial charge in [0, 0.05) is 17.9 Å². The van der Waals surface area contributed by atoms with Gasteiger partial charge in [0.25, 0.3) is 0 Å². The lowest BCUT2D eigenvalue weighted by molar-refractivity contribution is -0.116. The number of hydrogen-bond donors (Lipinski definition) is 1. The van der Waals surface area contributed by atoms with Crippen molar-refractivity contribution in [1.29, 1.82) is 0 Å². The fourth-order valence-electron chi connectivity index (χ4n) is 2.53. The number of thiazole rings is 1. The molecule has 1 N–H and O–H groups in total. The first-order chi connectivity index (χ1) is 12.5. The Labute approximate surface area is 160 Å². The standard InChI is InChI=1S/C19H17ClN2O3S/c1-11-3-5-14-17(9-11)26-19(21-14)22-18(24)8-6-15(23)13-10-12(20)4-7-16(13)25-2/h3-5,7,9-10H,6,8H2,1-2H3,(H,21,22,24). The summed E-state index contributed by atoms with van der Waals surface area (Å²) >= 11 is 7.36. The molecule has 0 aliphatic heterocycles. The van der Waals surface area contributed by atoms with Crippen molar-refractivity contribution in [3.05, 3.63) is 52.5 Å². The summed E-state index contributed by atoms with van der Waals surface area (Å²) in [5, 5.41) is 3.74. The smallest absolute Gasteiger partial charge is 0.226 e. The number of aromatic nitrogens is 1. The highest BCUT2D eigenvalue weighted by Crippen LogP contribution is 2.27. The van der Waals surface area contributed by atoms with Gasteiger partial charge in [-0.2, -0.15) is 0 Å². The van der Waals surface area contributed by atoms with Crippen LogP contribution in [0.25, 0.3) is 10.2 Å². The molecule has 5 nitrogen and oxygen atoms in total. The number of carbonyl (C=O) groups excluding carboxylic acids is 2. The number of ether oxygens (including phenoxy) is 1. The summed E-state index contributed by atoms with van der Waals surface area (Å²) in [7, 11) is 1.49. The molecule has 0 bridgehead atoms. The van der Waals surface area contributed by atoms with E-state index in [0.29, 0.717) is 21.5 Å². The van der Waals surface area contributed by atoms with Gasteiger partial charge < -0.3 is 10.1 Å². The molecule has 26 heavy (non-hydrogen) atoms. The van der Waals surface area contributed by atoms with Gasteiger partial charge in [-0.3, -0.25) is 9.59 Å². The minimum absolute atomic E-state index is 0.0590. The zero-order valence-electron chi connectivity index (χ0n) is 14.3. The van der Waals surface area contributed by atoms with Crippen molar-refractivity contribution in [2.75, 3.05) is 12.4 Å². The number of nitrogens with one attached hydrogen (secondary N) is 1. The van der Waals surface area contributed by atoms with E-state index < -0.39 is 0 Å². The number of fused-ring (bicyclic) bond motifs is 1. The molecule has 1 heterocycles. The first kappa shape index (κ1) is 18.4. The second-order valence-corrected chi connectivity index (χ2v) is 7.27. The van der Waals surface area contributed by atoms with Crippen molar-refractivity contribution < 1.29 is 14.3 Å². The van der Waals surface area contributed by atoms with Crippen molar-refractivity contribution in [2.45, 2.75) is 19.8 Å². The van der Waals surface area contributed by atoms with Gasteiger partial charge in [-0.15, -0.1) is 0 Å². The van der Waals surface area contributed by atoms with Crippen LogP contribution in [0.1, 0.15) is 28.8 Å². The van der Waals surface area contributed by atoms with E-state index in [9.17, 15) is 9.59 Å². The van der Waals surface area contributed by atoms with Crippen molar-refractivity contribution >= 4 is 50.0 Å². The summed E-state index contributed by atoms with van der Waals surface area (Å²) in [5.74, 6) is -0.00380. The average Bonchev–Trinajstić information content (AvgIpc) is 3.00. The lowest BCUT2D eigenvalue weighted by atomic mass is 10.1. The number of ketones is 1. The lowest BCUT2D eigenvalue weighted by Gasteiger charge is -2.08. The lowest BCUT2D eigenvalue weighted by Crippen LogP contribution is -2.13. The molecule has 7 heteroatoms. The maximum atomic E-state index is 12.4. The second kappa shape index (κ2) is 7.85. The van der Waals surface area contributed by atoms with E-state index in [1.807, 2.05) is 25.1 Å². The molecule has 1 amide bonds. The number of hydrogen-bond acceptors (Lipinski definition) is 5. The Bertz CT molecular complexity index is 984. The second-order valence-electron chi connectivity index (χ2n) is 5.81. The Balaban J connectivity index is 1.63. The van der Waals surface area contributed by atoms with Gasteiger partial charge >= 0.3 is 0 Å². The highest BCUT2D eigenvalue weighted by Gasteiger charge is 2.15. The molecular formula is C19H17ClN2O3S. The van der Waals surface area contributed by atoms with Crippen LogP contribution in [0.2, 0.25) is 5.02 Å². The maximum absolute atomic E-state index is 12.4. The molecular weight excluding hydrogens is 372 g/mol. The Kier molecular flexibility index (Phi) is 5.54. The molecule has 0 aliphatic carbocycles. The van der Waals surface area contributed by atoms with Gasteiger partial charge in [0.2, 0.25) is 5.91 Å². The van der Waals surface area contributed by atoms with Crippen LogP contribution in [0.4, 0.5) is 5.13 Å². The van der Waals surface area contributed by atoms with Crippen LogP contribution in [-0.4, -0.2) is 23.8 Å². The number of benzene rings is 2. The SMILES string of the molecule is COc1ccc(Cl)cc1C(=O)CCC(=O)Nc1nc2ccc(C)cc2s1. The van der Waals surface area contributed by atoms with Gasteiger partial charge in [0.05, 0.1) is 22.9 Å². The molecule has 0 spiro atoms. The van der Waals surface area contributed by atoms with E-state index in [-0.39, 0.29) is 24.5 Å². The van der Waals surface area contributed by atoms with E-state index in [4.69, 9.17) is 16.3 Å². The van der Waals surface area contributed by atoms with Crippen LogP contribution < -0.4 is 10.1 Å². The highest BCUT2D eigenvalue weighted by molar-refractivity contribution is 7.22. The van der Waals surface area contributed by atoms with Crippen LogP contribution in [0.5, 0.6) is 5.75 Å². The quantitative estimate of drug-likeness (QED) is 0.612. The summed E-state index contributed by atoms with van der Waals surface area (Å²) in [4.78, 5) is 28.9. The summed E-state index contributed by atoms with van der Waals surface area (Å²) < 4.78 is 6.19. The van der Waals surface area contributed by atoms with E-state index in [1.54, 1.807) is 18.2 Å². The number of aryl methyl sites for hydroxylation is 1. The van der Waals surface area contributed by atoms with Crippen LogP contribution in [0.15, 0.2) is 36.4 Å². The molecule has 0 aliphatic rings. The van der Waals surface area contributed by atoms with Gasteiger partial charge in [0.15, 0.2) is 10.9 Å². The summed E-state index contributed by atoms with van der Waals surface area (Å²) in [6.45, 7) is 2.01. The number of anilines is 1. The van der Waals surface area contributed by atoms with Gasteiger partial charge in [-0.25, -0.2) is 4.98 Å². The average molecular weight is 389 g/mol. The van der Waals surface area contributed by atoms with Crippen LogP contribution in [-0.2, 0) is 4.79 Å². The molecule has 134 valence electrons. The van der Waals surface area contributed by atoms with Gasteiger partial charge in [-0.1, -0.05) is 29.0 Å². The zero-order chi connectivity index (χ0) is 18.7. The molecule has 1 aromatic heterocycles. The van der Waals surface area contributed by atoms with Crippen molar-refractivity contribution in [2.24, 2.45) is 0 Å². The third-order valence-electron chi connectivity index (χ3n) is 3.83. The highest BCUT2D eigenvalue weighted by atomic mass is 35.5. The number of halogens is 1. The normalized spacial score (nSPS) is 10.7. The number of Topliss-reactive ketones (excluding diaryl/α,β-unsaturated/α-hetero) is 1. The topological polar surface area (TPSA) is 68.3 Å². The molecule has 0 atom stereocenters. The monoisotopic (exact) mass is 388 g/mol. The van der Waals surface area contributed by atoms with Crippen molar-refractivity contribution in [3.63, 3.8) is 0 Å². The fourth-order valence-corrected chi connectivity index (χ4v) is 3.68. The largest absolute Gasteiger partial charge is 0.496 e. The first-order valence-electron chi connectivity index (χ1n) is 8.00. The van der Waals surface area contributed by atoms with Crippen LogP contribution in [0.3, 0.4) is 0 Å². The number of methoxy groups -OCH3 is 1. The molecule has 0 unspecified atom stereocenters. The fraction of sp³-hybridized carbons (Fsp3) is 0.211. The Morgan fingerprint density at radius 1 is 1.19 bits per heavy atom. The Hall–Kier alpha value is -2.44. The molecule has 3 aromatic rings.